The molecule has 0 saturated heterocycles. The molecule has 0 saturated carbocycles. The highest BCUT2D eigenvalue weighted by Crippen LogP contribution is 2.53. The lowest BCUT2D eigenvalue weighted by Gasteiger charge is -2.29. The third kappa shape index (κ3) is 3.60. The molecule has 24 heavy (non-hydrogen) atoms. The van der Waals surface area contributed by atoms with Crippen LogP contribution >= 0.6 is 6.89 Å². The topological polar surface area (TPSA) is 26.3 Å². The summed E-state index contributed by atoms with van der Waals surface area (Å²) in [5.74, 6) is 1.47. The molecule has 0 radical (unpaired) electrons. The van der Waals surface area contributed by atoms with Gasteiger partial charge < -0.3 is 4.74 Å². The molecule has 0 aliphatic heterocycles. The van der Waals surface area contributed by atoms with Crippen molar-refractivity contribution >= 4 is 29.3 Å². The zero-order valence-electron chi connectivity index (χ0n) is 14.3. The third-order valence-electron chi connectivity index (χ3n) is 3.87. The van der Waals surface area contributed by atoms with Crippen molar-refractivity contribution in [3.05, 3.63) is 84.2 Å². The summed E-state index contributed by atoms with van der Waals surface area (Å²) in [6.45, 7) is 1.78. The summed E-state index contributed by atoms with van der Waals surface area (Å²) in [7, 11) is 1.43. The van der Waals surface area contributed by atoms with E-state index in [9.17, 15) is 4.79 Å². The second-order valence-electron chi connectivity index (χ2n) is 5.26. The summed E-state index contributed by atoms with van der Waals surface area (Å²) in [5, 5.41) is 3.40. The van der Waals surface area contributed by atoms with Crippen LogP contribution in [0.2, 0.25) is 0 Å². The lowest BCUT2D eigenvalue weighted by Crippen LogP contribution is -2.22. The molecule has 3 heteroatoms. The number of hydrogen-bond acceptors (Lipinski definition) is 2. The van der Waals surface area contributed by atoms with Gasteiger partial charge in [-0.15, -0.1) is 0 Å². The number of benzene rings is 2. The van der Waals surface area contributed by atoms with Crippen LogP contribution in [-0.4, -0.2) is 18.9 Å². The van der Waals surface area contributed by atoms with E-state index in [4.69, 9.17) is 4.74 Å². The predicted molar refractivity (Wildman–Crippen MR) is 106 cm³/mol. The molecule has 124 valence electrons. The maximum atomic E-state index is 12.3. The van der Waals surface area contributed by atoms with Crippen LogP contribution in [0.25, 0.3) is 0 Å². The Kier molecular flexibility index (Phi) is 6.40. The van der Waals surface area contributed by atoms with E-state index < -0.39 is 6.89 Å². The first-order valence-electron chi connectivity index (χ1n) is 7.92. The second kappa shape index (κ2) is 8.52. The fourth-order valence-corrected chi connectivity index (χ4v) is 6.64. The number of hydrogen-bond donors (Lipinski definition) is 0. The van der Waals surface area contributed by atoms with Gasteiger partial charge in [0.15, 0.2) is 0 Å². The van der Waals surface area contributed by atoms with Crippen LogP contribution in [0, 0.1) is 0 Å². The molecular formula is C21H23O2P. The van der Waals surface area contributed by atoms with Gasteiger partial charge in [-0.25, -0.2) is 4.79 Å². The monoisotopic (exact) mass is 338 g/mol. The van der Waals surface area contributed by atoms with Crippen molar-refractivity contribution in [2.24, 2.45) is 0 Å². The third-order valence-corrected chi connectivity index (χ3v) is 7.91. The van der Waals surface area contributed by atoms with Crippen LogP contribution in [0.15, 0.2) is 84.2 Å². The minimum absolute atomic E-state index is 0.306. The highest BCUT2D eigenvalue weighted by molar-refractivity contribution is 7.92. The highest BCUT2D eigenvalue weighted by Gasteiger charge is 2.27. The summed E-state index contributed by atoms with van der Waals surface area (Å²) in [6, 6.07) is 20.4. The Balaban J connectivity index is 2.95. The summed E-state index contributed by atoms with van der Waals surface area (Å²) < 4.78 is 5.00. The lowest BCUT2D eigenvalue weighted by atomic mass is 10.4. The molecule has 0 heterocycles. The number of esters is 1. The molecule has 0 aliphatic carbocycles. The Morgan fingerprint density at radius 2 is 1.42 bits per heavy atom. The van der Waals surface area contributed by atoms with E-state index in [0.717, 1.165) is 15.9 Å². The first-order valence-corrected chi connectivity index (χ1v) is 9.78. The Bertz CT molecular complexity index is 744. The van der Waals surface area contributed by atoms with E-state index in [0.29, 0.717) is 0 Å². The van der Waals surface area contributed by atoms with Gasteiger partial charge in [-0.05, 0) is 36.7 Å². The molecule has 0 amide bonds. The summed E-state index contributed by atoms with van der Waals surface area (Å²) >= 11 is 0. The fraction of sp³-hybridized carbons (Fsp3) is 0.143. The maximum Gasteiger partial charge on any atom is 0.331 e. The molecule has 0 unspecified atom stereocenters. The summed E-state index contributed by atoms with van der Waals surface area (Å²) in [4.78, 5) is 12.3. The summed E-state index contributed by atoms with van der Waals surface area (Å²) in [6.07, 6.45) is 6.20. The lowest BCUT2D eigenvalue weighted by molar-refractivity contribution is -0.132. The second-order valence-corrected chi connectivity index (χ2v) is 8.51. The van der Waals surface area contributed by atoms with Gasteiger partial charge in [-0.1, -0.05) is 78.9 Å². The zero-order chi connectivity index (χ0) is 17.4. The fourth-order valence-electron chi connectivity index (χ4n) is 2.80. The normalized spacial score (nSPS) is 12.2. The van der Waals surface area contributed by atoms with Crippen molar-refractivity contribution < 1.29 is 9.53 Å². The largest absolute Gasteiger partial charge is 0.466 e. The molecule has 2 aromatic carbocycles. The van der Waals surface area contributed by atoms with Gasteiger partial charge in [0.1, 0.15) is 0 Å². The molecule has 0 aliphatic rings. The van der Waals surface area contributed by atoms with E-state index in [1.54, 1.807) is 5.80 Å². The summed E-state index contributed by atoms with van der Waals surface area (Å²) in [5.41, 5.74) is 0. The SMILES string of the molecule is C/C=C\C(=C/C)P(=CC(=O)OC)(c1ccccc1)c1ccccc1. The molecule has 0 atom stereocenters. The van der Waals surface area contributed by atoms with Gasteiger partial charge in [-0.3, -0.25) is 0 Å². The average Bonchev–Trinajstić information content (AvgIpc) is 2.65. The molecule has 2 aromatic rings. The maximum absolute atomic E-state index is 12.3. The Morgan fingerprint density at radius 1 is 0.917 bits per heavy atom. The number of rotatable bonds is 5. The first kappa shape index (κ1) is 18.0. The van der Waals surface area contributed by atoms with Gasteiger partial charge in [0, 0.05) is 5.80 Å². The Hall–Kier alpha value is -2.31. The van der Waals surface area contributed by atoms with E-state index in [1.165, 1.54) is 7.11 Å². The predicted octanol–water partition coefficient (Wildman–Crippen LogP) is 4.11. The van der Waals surface area contributed by atoms with Crippen molar-refractivity contribution in [2.75, 3.05) is 7.11 Å². The van der Waals surface area contributed by atoms with Gasteiger partial charge >= 0.3 is 5.97 Å². The minimum atomic E-state index is -2.23. The number of methoxy groups -OCH3 is 1. The van der Waals surface area contributed by atoms with Crippen molar-refractivity contribution in [1.29, 1.82) is 0 Å². The van der Waals surface area contributed by atoms with Crippen molar-refractivity contribution in [2.45, 2.75) is 13.8 Å². The van der Waals surface area contributed by atoms with Crippen LogP contribution in [0.5, 0.6) is 0 Å². The number of allylic oxidation sites excluding steroid dienone is 4. The van der Waals surface area contributed by atoms with E-state index in [-0.39, 0.29) is 5.97 Å². The quantitative estimate of drug-likeness (QED) is 0.466. The first-order chi connectivity index (χ1) is 11.7. The molecular weight excluding hydrogens is 315 g/mol. The number of carbonyl (C=O) groups is 1. The van der Waals surface area contributed by atoms with Crippen molar-refractivity contribution in [1.82, 2.24) is 0 Å². The van der Waals surface area contributed by atoms with Gasteiger partial charge in [0.05, 0.1) is 7.11 Å². The van der Waals surface area contributed by atoms with Gasteiger partial charge in [-0.2, -0.15) is 0 Å². The Morgan fingerprint density at radius 3 is 1.79 bits per heavy atom. The Labute approximate surface area is 144 Å². The smallest absolute Gasteiger partial charge is 0.331 e. The molecule has 2 nitrogen and oxygen atoms in total. The van der Waals surface area contributed by atoms with Crippen LogP contribution in [-0.2, 0) is 9.53 Å². The van der Waals surface area contributed by atoms with Crippen LogP contribution in [0.1, 0.15) is 13.8 Å². The molecule has 0 N–H and O–H groups in total. The van der Waals surface area contributed by atoms with Crippen molar-refractivity contribution in [3.8, 4) is 0 Å². The molecule has 0 aromatic heterocycles. The number of carbonyl (C=O) groups excluding carboxylic acids is 1. The van der Waals surface area contributed by atoms with Crippen molar-refractivity contribution in [3.63, 3.8) is 0 Å². The highest BCUT2D eigenvalue weighted by atomic mass is 31.2. The van der Waals surface area contributed by atoms with E-state index in [2.05, 4.69) is 36.4 Å². The zero-order valence-corrected chi connectivity index (χ0v) is 15.2. The molecule has 0 fully saturated rings. The van der Waals surface area contributed by atoms with Crippen LogP contribution in [0.3, 0.4) is 0 Å². The molecule has 0 bridgehead atoms. The molecule has 0 spiro atoms. The minimum Gasteiger partial charge on any atom is -0.466 e. The van der Waals surface area contributed by atoms with E-state index in [1.807, 2.05) is 56.3 Å². The van der Waals surface area contributed by atoms with Gasteiger partial charge in [0.25, 0.3) is 0 Å². The average molecular weight is 338 g/mol. The van der Waals surface area contributed by atoms with Crippen LogP contribution < -0.4 is 10.6 Å². The van der Waals surface area contributed by atoms with Crippen LogP contribution in [0.4, 0.5) is 0 Å². The van der Waals surface area contributed by atoms with E-state index >= 15 is 0 Å². The van der Waals surface area contributed by atoms with Gasteiger partial charge in [0.2, 0.25) is 0 Å². The standard InChI is InChI=1S/C21H23O2P/c1-4-12-18(5-2)24(17-21(22)23-3,19-13-8-6-9-14-19)20-15-10-7-11-16-20/h4-17H,1-3H3/b12-4-,18-5+. The molecule has 2 rings (SSSR count). The number of ether oxygens (including phenoxy) is 1.